The highest BCUT2D eigenvalue weighted by Crippen LogP contribution is 2.28. The normalized spacial score (nSPS) is 13.3. The fraction of sp³-hybridized carbons (Fsp3) is 0.286. The van der Waals surface area contributed by atoms with Crippen LogP contribution in [0.3, 0.4) is 0 Å². The van der Waals surface area contributed by atoms with Gasteiger partial charge in [-0.2, -0.15) is 0 Å². The Hall–Kier alpha value is -2.30. The van der Waals surface area contributed by atoms with Gasteiger partial charge in [0.1, 0.15) is 11.5 Å². The van der Waals surface area contributed by atoms with E-state index in [0.717, 1.165) is 36.1 Å². The summed E-state index contributed by atoms with van der Waals surface area (Å²) in [6.45, 7) is 1.89. The molecule has 1 amide bonds. The quantitative estimate of drug-likeness (QED) is 0.811. The molecule has 2 aromatic rings. The van der Waals surface area contributed by atoms with E-state index in [4.69, 9.17) is 4.52 Å². The number of nitrogens with one attached hydrogen (secondary N) is 1. The number of amides is 1. The number of rotatable bonds is 2. The number of phenolic OH excluding ortho intramolecular Hbond substituents is 1. The number of hydrogen-bond acceptors (Lipinski definition) is 4. The number of carbonyl (C=O) groups is 1. The Morgan fingerprint density at radius 2 is 2.26 bits per heavy atom. The number of hydrogen-bond donors (Lipinski definition) is 2. The molecule has 1 aliphatic rings. The lowest BCUT2D eigenvalue weighted by Crippen LogP contribution is -2.14. The molecule has 3 rings (SSSR count). The molecule has 1 aliphatic carbocycles. The Morgan fingerprint density at radius 1 is 1.42 bits per heavy atom. The first-order chi connectivity index (χ1) is 9.15. The number of phenols is 1. The maximum atomic E-state index is 12.2. The third kappa shape index (κ3) is 2.07. The van der Waals surface area contributed by atoms with Crippen LogP contribution in [0.1, 0.15) is 33.8 Å². The molecule has 0 saturated carbocycles. The van der Waals surface area contributed by atoms with Gasteiger partial charge in [0, 0.05) is 12.0 Å². The van der Waals surface area contributed by atoms with Crippen LogP contribution in [0, 0.1) is 6.92 Å². The molecule has 0 radical (unpaired) electrons. The van der Waals surface area contributed by atoms with E-state index in [-0.39, 0.29) is 11.7 Å². The average molecular weight is 258 g/mol. The van der Waals surface area contributed by atoms with Crippen LogP contribution in [0.25, 0.3) is 0 Å². The summed E-state index contributed by atoms with van der Waals surface area (Å²) < 4.78 is 5.15. The van der Waals surface area contributed by atoms with E-state index in [2.05, 4.69) is 10.5 Å². The van der Waals surface area contributed by atoms with Crippen LogP contribution < -0.4 is 5.32 Å². The van der Waals surface area contributed by atoms with Crippen molar-refractivity contribution in [1.29, 1.82) is 0 Å². The number of nitrogens with zero attached hydrogens (tertiary/aromatic N) is 1. The molecule has 0 spiro atoms. The lowest BCUT2D eigenvalue weighted by molar-refractivity contribution is 0.101. The first-order valence-corrected chi connectivity index (χ1v) is 6.23. The molecule has 0 atom stereocenters. The number of anilines is 1. The van der Waals surface area contributed by atoms with Gasteiger partial charge in [0.2, 0.25) is 0 Å². The number of aromatic hydroxyl groups is 1. The second-order valence-electron chi connectivity index (χ2n) is 4.76. The molecule has 2 N–H and O–H groups in total. The summed E-state index contributed by atoms with van der Waals surface area (Å²) in [6.07, 6.45) is 2.65. The second kappa shape index (κ2) is 4.42. The molecule has 1 aromatic carbocycles. The largest absolute Gasteiger partial charge is 0.506 e. The molecular formula is C14H14N2O3. The van der Waals surface area contributed by atoms with Crippen molar-refractivity contribution in [3.63, 3.8) is 0 Å². The second-order valence-corrected chi connectivity index (χ2v) is 4.76. The maximum Gasteiger partial charge on any atom is 0.278 e. The number of carbonyl (C=O) groups excluding carboxylic acids is 1. The van der Waals surface area contributed by atoms with Crippen LogP contribution in [0.2, 0.25) is 0 Å². The van der Waals surface area contributed by atoms with Crippen molar-refractivity contribution in [2.24, 2.45) is 0 Å². The fourth-order valence-electron chi connectivity index (χ4n) is 2.33. The highest BCUT2D eigenvalue weighted by Gasteiger charge is 2.25. The minimum atomic E-state index is -0.340. The Kier molecular flexibility index (Phi) is 2.74. The highest BCUT2D eigenvalue weighted by atomic mass is 16.5. The Labute approximate surface area is 110 Å². The van der Waals surface area contributed by atoms with Gasteiger partial charge in [0.25, 0.3) is 5.91 Å². The van der Waals surface area contributed by atoms with Crippen molar-refractivity contribution in [2.45, 2.75) is 26.2 Å². The van der Waals surface area contributed by atoms with Crippen molar-refractivity contribution < 1.29 is 14.4 Å². The molecule has 0 saturated heterocycles. The molecule has 0 aliphatic heterocycles. The van der Waals surface area contributed by atoms with E-state index in [9.17, 15) is 9.90 Å². The third-order valence-corrected chi connectivity index (χ3v) is 3.32. The van der Waals surface area contributed by atoms with Crippen molar-refractivity contribution in [2.75, 3.05) is 5.32 Å². The van der Waals surface area contributed by atoms with Gasteiger partial charge in [0.05, 0.1) is 5.69 Å². The third-order valence-electron chi connectivity index (χ3n) is 3.32. The van der Waals surface area contributed by atoms with E-state index in [1.165, 1.54) is 0 Å². The lowest BCUT2D eigenvalue weighted by atomic mass is 10.1. The molecule has 98 valence electrons. The summed E-state index contributed by atoms with van der Waals surface area (Å²) in [5.41, 5.74) is 2.57. The zero-order valence-electron chi connectivity index (χ0n) is 10.6. The molecule has 0 unspecified atom stereocenters. The maximum absolute atomic E-state index is 12.2. The first kappa shape index (κ1) is 11.8. The van der Waals surface area contributed by atoms with Crippen LogP contribution in [-0.2, 0) is 12.8 Å². The van der Waals surface area contributed by atoms with Gasteiger partial charge in [-0.3, -0.25) is 4.79 Å². The van der Waals surface area contributed by atoms with Crippen LogP contribution in [0.4, 0.5) is 5.69 Å². The summed E-state index contributed by atoms with van der Waals surface area (Å²) in [7, 11) is 0. The average Bonchev–Trinajstić information content (AvgIpc) is 2.95. The number of aryl methyl sites for hydroxylation is 2. The lowest BCUT2D eigenvalue weighted by Gasteiger charge is -2.07. The number of aromatic nitrogens is 1. The topological polar surface area (TPSA) is 75.4 Å². The summed E-state index contributed by atoms with van der Waals surface area (Å²) in [6, 6.07) is 5.05. The molecular weight excluding hydrogens is 244 g/mol. The predicted molar refractivity (Wildman–Crippen MR) is 69.3 cm³/mol. The van der Waals surface area contributed by atoms with E-state index in [1.807, 2.05) is 6.92 Å². The van der Waals surface area contributed by atoms with Crippen LogP contribution >= 0.6 is 0 Å². The minimum absolute atomic E-state index is 0.0408. The summed E-state index contributed by atoms with van der Waals surface area (Å²) >= 11 is 0. The van der Waals surface area contributed by atoms with Gasteiger partial charge in [-0.1, -0.05) is 11.2 Å². The Morgan fingerprint density at radius 3 is 3.11 bits per heavy atom. The molecule has 1 heterocycles. The Balaban J connectivity index is 1.87. The standard InChI is InChI=1S/C14H14N2O3/c1-8-5-6-11(17)10(7-8)15-14(18)13-9-3-2-4-12(9)19-16-13/h5-7,17H,2-4H2,1H3,(H,15,18). The molecule has 5 nitrogen and oxygen atoms in total. The van der Waals surface area contributed by atoms with Crippen molar-refractivity contribution in [3.8, 4) is 5.75 Å². The SMILES string of the molecule is Cc1ccc(O)c(NC(=O)c2noc3c2CCC3)c1. The van der Waals surface area contributed by atoms with Crippen LogP contribution in [0.5, 0.6) is 5.75 Å². The van der Waals surface area contributed by atoms with Gasteiger partial charge in [-0.25, -0.2) is 0 Å². The summed E-state index contributed by atoms with van der Waals surface area (Å²) in [4.78, 5) is 12.2. The van der Waals surface area contributed by atoms with Gasteiger partial charge in [-0.05, 0) is 37.5 Å². The van der Waals surface area contributed by atoms with Crippen molar-refractivity contribution >= 4 is 11.6 Å². The Bertz CT molecular complexity index is 646. The van der Waals surface area contributed by atoms with Gasteiger partial charge < -0.3 is 14.9 Å². The smallest absolute Gasteiger partial charge is 0.278 e. The van der Waals surface area contributed by atoms with E-state index in [0.29, 0.717) is 11.4 Å². The minimum Gasteiger partial charge on any atom is -0.506 e. The molecule has 19 heavy (non-hydrogen) atoms. The summed E-state index contributed by atoms with van der Waals surface area (Å²) in [5.74, 6) is 0.505. The molecule has 1 aromatic heterocycles. The van der Waals surface area contributed by atoms with Crippen LogP contribution in [0.15, 0.2) is 22.7 Å². The van der Waals surface area contributed by atoms with E-state index < -0.39 is 0 Å². The van der Waals surface area contributed by atoms with E-state index in [1.54, 1.807) is 18.2 Å². The molecule has 0 fully saturated rings. The predicted octanol–water partition coefficient (Wildman–Crippen LogP) is 2.43. The van der Waals surface area contributed by atoms with Crippen molar-refractivity contribution in [3.05, 3.63) is 40.8 Å². The molecule has 0 bridgehead atoms. The highest BCUT2D eigenvalue weighted by molar-refractivity contribution is 6.04. The first-order valence-electron chi connectivity index (χ1n) is 6.23. The van der Waals surface area contributed by atoms with Crippen LogP contribution in [-0.4, -0.2) is 16.2 Å². The van der Waals surface area contributed by atoms with E-state index >= 15 is 0 Å². The zero-order chi connectivity index (χ0) is 13.4. The molecule has 5 heteroatoms. The van der Waals surface area contributed by atoms with Gasteiger partial charge in [-0.15, -0.1) is 0 Å². The number of benzene rings is 1. The zero-order valence-corrected chi connectivity index (χ0v) is 10.6. The van der Waals surface area contributed by atoms with Gasteiger partial charge >= 0.3 is 0 Å². The van der Waals surface area contributed by atoms with Crippen molar-refractivity contribution in [1.82, 2.24) is 5.16 Å². The number of fused-ring (bicyclic) bond motifs is 1. The van der Waals surface area contributed by atoms with Gasteiger partial charge in [0.15, 0.2) is 5.69 Å². The fourth-order valence-corrected chi connectivity index (χ4v) is 2.33. The monoisotopic (exact) mass is 258 g/mol. The summed E-state index contributed by atoms with van der Waals surface area (Å²) in [5, 5.41) is 16.2.